The van der Waals surface area contributed by atoms with Gasteiger partial charge in [0.05, 0.1) is 23.3 Å². The topological polar surface area (TPSA) is 18.5 Å². The molecule has 0 aliphatic rings. The number of hydrogen-bond acceptors (Lipinski definition) is 4. The van der Waals surface area contributed by atoms with Crippen molar-refractivity contribution in [3.63, 3.8) is 0 Å². The van der Waals surface area contributed by atoms with E-state index in [1.54, 1.807) is 11.8 Å². The van der Waals surface area contributed by atoms with Crippen LogP contribution in [-0.4, -0.2) is 30.6 Å². The number of benzene rings is 2. The van der Waals surface area contributed by atoms with Crippen LogP contribution in [0.3, 0.4) is 0 Å². The highest BCUT2D eigenvalue weighted by molar-refractivity contribution is 7.99. The van der Waals surface area contributed by atoms with Crippen LogP contribution in [0.2, 0.25) is 10.0 Å². The summed E-state index contributed by atoms with van der Waals surface area (Å²) in [4.78, 5) is 2.05. The summed E-state index contributed by atoms with van der Waals surface area (Å²) in [7, 11) is 0. The summed E-state index contributed by atoms with van der Waals surface area (Å²) >= 11 is 21.8. The first-order valence-corrected chi connectivity index (χ1v) is 12.1. The van der Waals surface area contributed by atoms with Gasteiger partial charge in [0.2, 0.25) is 0 Å². The molecule has 0 spiro atoms. The van der Waals surface area contributed by atoms with Gasteiger partial charge in [-0.1, -0.05) is 41.9 Å². The first-order valence-electron chi connectivity index (χ1n) is 8.80. The van der Waals surface area contributed by atoms with E-state index in [-0.39, 0.29) is 0 Å². The second kappa shape index (κ2) is 12.9. The highest BCUT2D eigenvalue weighted by atomic mass is 35.5. The van der Waals surface area contributed by atoms with Crippen molar-refractivity contribution in [1.82, 2.24) is 0 Å². The molecule has 0 saturated carbocycles. The summed E-state index contributed by atoms with van der Waals surface area (Å²) in [6.45, 7) is 3.41. The van der Waals surface area contributed by atoms with Gasteiger partial charge in [0.15, 0.2) is 5.75 Å². The molecule has 0 fully saturated rings. The van der Waals surface area contributed by atoms with Crippen molar-refractivity contribution in [3.05, 3.63) is 46.4 Å². The summed E-state index contributed by atoms with van der Waals surface area (Å²) in [6, 6.07) is 11.8. The Bertz CT molecular complexity index is 673. The van der Waals surface area contributed by atoms with Gasteiger partial charge >= 0.3 is 0 Å². The molecule has 0 atom stereocenters. The Labute approximate surface area is 185 Å². The summed E-state index contributed by atoms with van der Waals surface area (Å²) in [5.41, 5.74) is 0. The molecule has 7 heteroatoms. The minimum atomic E-state index is 0.494. The highest BCUT2D eigenvalue weighted by Gasteiger charge is 2.11. The largest absolute Gasteiger partial charge is 0.494 e. The molecule has 0 radical (unpaired) electrons. The lowest BCUT2D eigenvalue weighted by atomic mass is 10.3. The smallest absolute Gasteiger partial charge is 0.156 e. The molecule has 0 aromatic heterocycles. The summed E-state index contributed by atoms with van der Waals surface area (Å²) in [6.07, 6.45) is 1.81. The van der Waals surface area contributed by atoms with Gasteiger partial charge in [0.25, 0.3) is 0 Å². The molecule has 0 unspecified atom stereocenters. The van der Waals surface area contributed by atoms with Crippen LogP contribution < -0.4 is 9.47 Å². The molecular weight excluding hydrogens is 443 g/mol. The Hall–Kier alpha value is -0.390. The van der Waals surface area contributed by atoms with E-state index in [0.29, 0.717) is 28.3 Å². The molecule has 2 nitrogen and oxygen atoms in total. The lowest BCUT2D eigenvalue weighted by molar-refractivity contribution is 0.318. The van der Waals surface area contributed by atoms with Gasteiger partial charge in [-0.2, -0.15) is 11.8 Å². The normalized spacial score (nSPS) is 10.8. The van der Waals surface area contributed by atoms with Gasteiger partial charge in [-0.15, -0.1) is 11.6 Å². The Morgan fingerprint density at radius 2 is 1.56 bits per heavy atom. The Morgan fingerprint density at radius 3 is 2.19 bits per heavy atom. The number of halogens is 3. The van der Waals surface area contributed by atoms with E-state index in [1.165, 1.54) is 0 Å². The van der Waals surface area contributed by atoms with Gasteiger partial charge in [0.1, 0.15) is 5.75 Å². The third kappa shape index (κ3) is 8.25. The lowest BCUT2D eigenvalue weighted by Gasteiger charge is -2.11. The molecule has 0 bridgehead atoms. The second-order valence-electron chi connectivity index (χ2n) is 5.58. The number of thioether (sulfide) groups is 1. The summed E-state index contributed by atoms with van der Waals surface area (Å²) < 4.78 is 11.4. The van der Waals surface area contributed by atoms with E-state index in [0.717, 1.165) is 46.5 Å². The first kappa shape index (κ1) is 22.9. The zero-order valence-electron chi connectivity index (χ0n) is 15.2. The standard InChI is InChI=1S/C20H23Cl3O2S2/c1-2-26-12-4-11-24-15-5-7-16(8-6-15)27-17-13-18(22)20(19(23)14-17)25-10-3-9-21/h5-8,13-14H,2-4,9-12H2,1H3. The number of ether oxygens (including phenoxy) is 2. The lowest BCUT2D eigenvalue weighted by Crippen LogP contribution is -1.99. The highest BCUT2D eigenvalue weighted by Crippen LogP contribution is 2.39. The van der Waals surface area contributed by atoms with Crippen molar-refractivity contribution in [2.45, 2.75) is 29.6 Å². The van der Waals surface area contributed by atoms with Crippen molar-refractivity contribution in [3.8, 4) is 11.5 Å². The molecule has 27 heavy (non-hydrogen) atoms. The van der Waals surface area contributed by atoms with Crippen LogP contribution >= 0.6 is 58.3 Å². The van der Waals surface area contributed by atoms with E-state index < -0.39 is 0 Å². The first-order chi connectivity index (χ1) is 13.1. The maximum absolute atomic E-state index is 6.32. The van der Waals surface area contributed by atoms with E-state index in [1.807, 2.05) is 48.2 Å². The fraction of sp³-hybridized carbons (Fsp3) is 0.400. The quantitative estimate of drug-likeness (QED) is 0.236. The molecule has 0 saturated heterocycles. The molecule has 2 rings (SSSR count). The van der Waals surface area contributed by atoms with Crippen molar-refractivity contribution in [2.75, 3.05) is 30.6 Å². The Kier molecular flexibility index (Phi) is 11.0. The third-order valence-electron chi connectivity index (χ3n) is 3.46. The molecular formula is C20H23Cl3O2S2. The predicted molar refractivity (Wildman–Crippen MR) is 121 cm³/mol. The van der Waals surface area contributed by atoms with E-state index >= 15 is 0 Å². The average Bonchev–Trinajstić information content (AvgIpc) is 2.65. The van der Waals surface area contributed by atoms with Crippen LogP contribution in [0, 0.1) is 0 Å². The van der Waals surface area contributed by atoms with Crippen molar-refractivity contribution in [1.29, 1.82) is 0 Å². The fourth-order valence-electron chi connectivity index (χ4n) is 2.20. The fourth-order valence-corrected chi connectivity index (χ4v) is 4.54. The van der Waals surface area contributed by atoms with E-state index in [2.05, 4.69) is 6.92 Å². The molecule has 2 aromatic carbocycles. The van der Waals surface area contributed by atoms with Gasteiger partial charge < -0.3 is 9.47 Å². The Balaban J connectivity index is 1.90. The van der Waals surface area contributed by atoms with Crippen molar-refractivity contribution >= 4 is 58.3 Å². The van der Waals surface area contributed by atoms with Gasteiger partial charge in [-0.25, -0.2) is 0 Å². The van der Waals surface area contributed by atoms with E-state index in [4.69, 9.17) is 44.3 Å². The van der Waals surface area contributed by atoms with Crippen molar-refractivity contribution in [2.24, 2.45) is 0 Å². The molecule has 0 N–H and O–H groups in total. The van der Waals surface area contributed by atoms with Crippen LogP contribution in [0.5, 0.6) is 11.5 Å². The minimum absolute atomic E-state index is 0.494. The molecule has 0 aliphatic heterocycles. The summed E-state index contributed by atoms with van der Waals surface area (Å²) in [5, 5.41) is 1.01. The maximum Gasteiger partial charge on any atom is 0.156 e. The molecule has 0 heterocycles. The van der Waals surface area contributed by atoms with E-state index in [9.17, 15) is 0 Å². The maximum atomic E-state index is 6.32. The van der Waals surface area contributed by atoms with Gasteiger partial charge in [-0.3, -0.25) is 0 Å². The van der Waals surface area contributed by atoms with Crippen molar-refractivity contribution < 1.29 is 9.47 Å². The van der Waals surface area contributed by atoms with Gasteiger partial charge in [-0.05, 0) is 60.7 Å². The number of hydrogen-bond donors (Lipinski definition) is 0. The molecule has 2 aromatic rings. The SMILES string of the molecule is CCSCCCOc1ccc(Sc2cc(Cl)c(OCCCCl)c(Cl)c2)cc1. The molecule has 148 valence electrons. The van der Waals surface area contributed by atoms with Gasteiger partial charge in [0, 0.05) is 15.7 Å². The average molecular weight is 466 g/mol. The minimum Gasteiger partial charge on any atom is -0.494 e. The van der Waals surface area contributed by atoms with Crippen LogP contribution in [0.15, 0.2) is 46.2 Å². The monoisotopic (exact) mass is 464 g/mol. The predicted octanol–water partition coefficient (Wildman–Crippen LogP) is 7.67. The van der Waals surface area contributed by atoms with Crippen LogP contribution in [0.25, 0.3) is 0 Å². The third-order valence-corrected chi connectivity index (χ3v) is 6.26. The van der Waals surface area contributed by atoms with Crippen LogP contribution in [-0.2, 0) is 0 Å². The molecule has 0 aliphatic carbocycles. The zero-order valence-corrected chi connectivity index (χ0v) is 19.1. The summed E-state index contributed by atoms with van der Waals surface area (Å²) in [5.74, 6) is 4.23. The molecule has 0 amide bonds. The van der Waals surface area contributed by atoms with Crippen LogP contribution in [0.4, 0.5) is 0 Å². The Morgan fingerprint density at radius 1 is 0.889 bits per heavy atom. The van der Waals surface area contributed by atoms with Crippen LogP contribution in [0.1, 0.15) is 19.8 Å². The number of rotatable bonds is 12. The zero-order chi connectivity index (χ0) is 19.5. The second-order valence-corrected chi connectivity index (χ2v) is 9.31. The number of alkyl halides is 1.